The Hall–Kier alpha value is -1.63. The molecule has 2 amide bonds. The molecule has 0 aromatic carbocycles. The molecule has 1 heterocycles. The molecule has 6 nitrogen and oxygen atoms in total. The quantitative estimate of drug-likeness (QED) is 0.835. The van der Waals surface area contributed by atoms with E-state index in [1.54, 1.807) is 6.20 Å². The van der Waals surface area contributed by atoms with E-state index in [9.17, 15) is 9.59 Å². The lowest BCUT2D eigenvalue weighted by Crippen LogP contribution is -2.47. The van der Waals surface area contributed by atoms with Crippen molar-refractivity contribution >= 4 is 23.3 Å². The first-order chi connectivity index (χ1) is 8.93. The van der Waals surface area contributed by atoms with Gasteiger partial charge in [-0.25, -0.2) is 9.78 Å². The summed E-state index contributed by atoms with van der Waals surface area (Å²) in [6.45, 7) is 5.72. The molecular formula is C12H19N3O3S. The summed E-state index contributed by atoms with van der Waals surface area (Å²) in [5.74, 6) is -1.01. The number of nitrogens with zero attached hydrogens (tertiary/aromatic N) is 2. The summed E-state index contributed by atoms with van der Waals surface area (Å²) in [6.07, 6.45) is 2.45. The first-order valence-corrected chi connectivity index (χ1v) is 6.93. The maximum absolute atomic E-state index is 12.0. The normalized spacial score (nSPS) is 11.9. The molecular weight excluding hydrogens is 266 g/mol. The number of thiazole rings is 1. The van der Waals surface area contributed by atoms with E-state index < -0.39 is 5.97 Å². The van der Waals surface area contributed by atoms with Gasteiger partial charge >= 0.3 is 12.0 Å². The van der Waals surface area contributed by atoms with E-state index in [4.69, 9.17) is 5.11 Å². The van der Waals surface area contributed by atoms with Crippen molar-refractivity contribution in [3.8, 4) is 0 Å². The van der Waals surface area contributed by atoms with Gasteiger partial charge in [-0.2, -0.15) is 0 Å². The monoisotopic (exact) mass is 285 g/mol. The van der Waals surface area contributed by atoms with Crippen LogP contribution in [0.3, 0.4) is 0 Å². The van der Waals surface area contributed by atoms with E-state index in [0.717, 1.165) is 9.88 Å². The topological polar surface area (TPSA) is 82.5 Å². The molecule has 7 heteroatoms. The van der Waals surface area contributed by atoms with Crippen LogP contribution in [-0.4, -0.2) is 39.6 Å². The number of aryl methyl sites for hydroxylation is 1. The molecule has 0 spiro atoms. The van der Waals surface area contributed by atoms with Crippen molar-refractivity contribution in [2.75, 3.05) is 6.54 Å². The summed E-state index contributed by atoms with van der Waals surface area (Å²) < 4.78 is 0. The van der Waals surface area contributed by atoms with Crippen molar-refractivity contribution in [1.82, 2.24) is 15.2 Å². The van der Waals surface area contributed by atoms with E-state index in [2.05, 4.69) is 10.3 Å². The third kappa shape index (κ3) is 4.86. The predicted molar refractivity (Wildman–Crippen MR) is 73.2 cm³/mol. The molecule has 0 saturated heterocycles. The molecule has 0 aliphatic carbocycles. The van der Waals surface area contributed by atoms with Crippen LogP contribution < -0.4 is 5.32 Å². The lowest BCUT2D eigenvalue weighted by molar-refractivity contribution is -0.138. The van der Waals surface area contributed by atoms with Gasteiger partial charge in [0.05, 0.1) is 6.54 Å². The molecule has 1 unspecified atom stereocenters. The highest BCUT2D eigenvalue weighted by atomic mass is 32.1. The molecule has 0 saturated carbocycles. The number of carboxylic acid groups (broad SMARTS) is 1. The number of nitrogens with one attached hydrogen (secondary N) is 1. The summed E-state index contributed by atoms with van der Waals surface area (Å²) in [7, 11) is 0. The lowest BCUT2D eigenvalue weighted by atomic mass is 10.2. The molecule has 0 aliphatic rings. The molecule has 1 aromatic rings. The Kier molecular flexibility index (Phi) is 5.75. The summed E-state index contributed by atoms with van der Waals surface area (Å²) in [5.41, 5.74) is 0. The van der Waals surface area contributed by atoms with Gasteiger partial charge in [0.25, 0.3) is 0 Å². The Labute approximate surface area is 116 Å². The van der Waals surface area contributed by atoms with Crippen molar-refractivity contribution in [3.63, 3.8) is 0 Å². The maximum Gasteiger partial charge on any atom is 0.323 e. The third-order valence-electron chi connectivity index (χ3n) is 2.75. The molecule has 1 rings (SSSR count). The average molecular weight is 285 g/mol. The number of carboxylic acids is 1. The van der Waals surface area contributed by atoms with Crippen molar-refractivity contribution in [1.29, 1.82) is 0 Å². The minimum atomic E-state index is -1.01. The number of aliphatic carboxylic acids is 1. The zero-order chi connectivity index (χ0) is 14.4. The fourth-order valence-corrected chi connectivity index (χ4v) is 2.26. The van der Waals surface area contributed by atoms with Crippen LogP contribution in [0.15, 0.2) is 6.20 Å². The second kappa shape index (κ2) is 7.08. The highest BCUT2D eigenvalue weighted by molar-refractivity contribution is 7.11. The van der Waals surface area contributed by atoms with Crippen LogP contribution in [0, 0.1) is 6.92 Å². The zero-order valence-electron chi connectivity index (χ0n) is 11.3. The van der Waals surface area contributed by atoms with Gasteiger partial charge in [-0.15, -0.1) is 11.3 Å². The Morgan fingerprint density at radius 2 is 2.26 bits per heavy atom. The Morgan fingerprint density at radius 1 is 1.58 bits per heavy atom. The Bertz CT molecular complexity index is 447. The highest BCUT2D eigenvalue weighted by Crippen LogP contribution is 2.11. The summed E-state index contributed by atoms with van der Waals surface area (Å²) >= 11 is 1.51. The van der Waals surface area contributed by atoms with E-state index in [1.165, 1.54) is 16.2 Å². The standard InChI is InChI=1S/C12H19N3O3S/c1-4-8(2)15(7-11(16)17)12(18)14-6-10-13-5-9(3)19-10/h5,8H,4,6-7H2,1-3H3,(H,14,18)(H,16,17). The predicted octanol–water partition coefficient (Wildman–Crippen LogP) is 1.85. The fourth-order valence-electron chi connectivity index (χ4n) is 1.53. The molecule has 106 valence electrons. The molecule has 0 radical (unpaired) electrons. The molecule has 19 heavy (non-hydrogen) atoms. The molecule has 1 aromatic heterocycles. The van der Waals surface area contributed by atoms with E-state index in [1.807, 2.05) is 20.8 Å². The largest absolute Gasteiger partial charge is 0.480 e. The SMILES string of the molecule is CCC(C)N(CC(=O)O)C(=O)NCc1ncc(C)s1. The molecule has 0 aliphatic heterocycles. The fraction of sp³-hybridized carbons (Fsp3) is 0.583. The Morgan fingerprint density at radius 3 is 2.74 bits per heavy atom. The van der Waals surface area contributed by atoms with Gasteiger partial charge in [0, 0.05) is 17.1 Å². The third-order valence-corrected chi connectivity index (χ3v) is 3.66. The Balaban J connectivity index is 2.58. The van der Waals surface area contributed by atoms with Gasteiger partial charge in [0.1, 0.15) is 11.6 Å². The maximum atomic E-state index is 12.0. The summed E-state index contributed by atoms with van der Waals surface area (Å²) in [5, 5.41) is 12.3. The van der Waals surface area contributed by atoms with Gasteiger partial charge < -0.3 is 15.3 Å². The molecule has 0 bridgehead atoms. The van der Waals surface area contributed by atoms with Crippen LogP contribution >= 0.6 is 11.3 Å². The smallest absolute Gasteiger partial charge is 0.323 e. The minimum absolute atomic E-state index is 0.117. The van der Waals surface area contributed by atoms with Crippen molar-refractivity contribution < 1.29 is 14.7 Å². The molecule has 1 atom stereocenters. The van der Waals surface area contributed by atoms with Gasteiger partial charge in [0.15, 0.2) is 0 Å². The van der Waals surface area contributed by atoms with Crippen LogP contribution in [0.5, 0.6) is 0 Å². The molecule has 2 N–H and O–H groups in total. The number of aromatic nitrogens is 1. The number of urea groups is 1. The van der Waals surface area contributed by atoms with Crippen LogP contribution in [0.2, 0.25) is 0 Å². The number of carbonyl (C=O) groups is 2. The van der Waals surface area contributed by atoms with Gasteiger partial charge in [-0.1, -0.05) is 6.92 Å². The van der Waals surface area contributed by atoms with Gasteiger partial charge in [-0.3, -0.25) is 4.79 Å². The van der Waals surface area contributed by atoms with Crippen LogP contribution in [-0.2, 0) is 11.3 Å². The number of hydrogen-bond donors (Lipinski definition) is 2. The van der Waals surface area contributed by atoms with E-state index in [-0.39, 0.29) is 18.6 Å². The molecule has 0 fully saturated rings. The number of hydrogen-bond acceptors (Lipinski definition) is 4. The van der Waals surface area contributed by atoms with Crippen LogP contribution in [0.1, 0.15) is 30.2 Å². The second-order valence-electron chi connectivity index (χ2n) is 4.30. The zero-order valence-corrected chi connectivity index (χ0v) is 12.2. The first kappa shape index (κ1) is 15.4. The average Bonchev–Trinajstić information content (AvgIpc) is 2.77. The number of rotatable bonds is 6. The lowest BCUT2D eigenvalue weighted by Gasteiger charge is -2.26. The first-order valence-electron chi connectivity index (χ1n) is 6.11. The summed E-state index contributed by atoms with van der Waals surface area (Å²) in [4.78, 5) is 29.3. The van der Waals surface area contributed by atoms with Crippen molar-refractivity contribution in [2.45, 2.75) is 39.8 Å². The second-order valence-corrected chi connectivity index (χ2v) is 5.62. The van der Waals surface area contributed by atoms with Crippen molar-refractivity contribution in [2.24, 2.45) is 0 Å². The summed E-state index contributed by atoms with van der Waals surface area (Å²) in [6, 6.07) is -0.487. The number of amides is 2. The minimum Gasteiger partial charge on any atom is -0.480 e. The van der Waals surface area contributed by atoms with E-state index in [0.29, 0.717) is 13.0 Å². The van der Waals surface area contributed by atoms with Crippen LogP contribution in [0.4, 0.5) is 4.79 Å². The number of carbonyl (C=O) groups excluding carboxylic acids is 1. The van der Waals surface area contributed by atoms with Crippen molar-refractivity contribution in [3.05, 3.63) is 16.1 Å². The van der Waals surface area contributed by atoms with E-state index >= 15 is 0 Å². The van der Waals surface area contributed by atoms with Gasteiger partial charge in [-0.05, 0) is 20.3 Å². The van der Waals surface area contributed by atoms with Gasteiger partial charge in [0.2, 0.25) is 0 Å². The van der Waals surface area contributed by atoms with Crippen LogP contribution in [0.25, 0.3) is 0 Å². The highest BCUT2D eigenvalue weighted by Gasteiger charge is 2.21.